The molecule has 0 amide bonds. The van der Waals surface area contributed by atoms with Crippen molar-refractivity contribution in [3.05, 3.63) is 30.1 Å². The molecule has 1 fully saturated rings. The van der Waals surface area contributed by atoms with Gasteiger partial charge in [0.05, 0.1) is 0 Å². The largest absolute Gasteiger partial charge is 0.332 e. The highest BCUT2D eigenvalue weighted by Gasteiger charge is 2.22. The Labute approximate surface area is 89.9 Å². The van der Waals surface area contributed by atoms with Crippen molar-refractivity contribution in [2.45, 2.75) is 32.7 Å². The van der Waals surface area contributed by atoms with Crippen LogP contribution in [0.25, 0.3) is 11.0 Å². The van der Waals surface area contributed by atoms with Gasteiger partial charge in [-0.1, -0.05) is 6.92 Å². The van der Waals surface area contributed by atoms with Gasteiger partial charge in [0.25, 0.3) is 0 Å². The average Bonchev–Trinajstić information content (AvgIpc) is 2.99. The maximum Gasteiger partial charge on any atom is 0.139 e. The minimum atomic E-state index is 0.910. The lowest BCUT2D eigenvalue weighted by molar-refractivity contribution is 0.642. The van der Waals surface area contributed by atoms with Crippen LogP contribution in [0.5, 0.6) is 0 Å². The Morgan fingerprint density at radius 3 is 3.07 bits per heavy atom. The highest BCUT2D eigenvalue weighted by atomic mass is 15.0. The number of fused-ring (bicyclic) bond motifs is 1. The molecule has 15 heavy (non-hydrogen) atoms. The van der Waals surface area contributed by atoms with Crippen molar-refractivity contribution >= 4 is 11.0 Å². The zero-order chi connectivity index (χ0) is 10.3. The normalized spacial score (nSPS) is 16.1. The highest BCUT2D eigenvalue weighted by molar-refractivity contribution is 5.76. The summed E-state index contributed by atoms with van der Waals surface area (Å²) in [6.07, 6.45) is 8.04. The van der Waals surface area contributed by atoms with Crippen molar-refractivity contribution in [2.75, 3.05) is 0 Å². The number of hydrogen-bond acceptors (Lipinski definition) is 1. The van der Waals surface area contributed by atoms with Gasteiger partial charge in [0.2, 0.25) is 0 Å². The van der Waals surface area contributed by atoms with Gasteiger partial charge in [-0.3, -0.25) is 0 Å². The summed E-state index contributed by atoms with van der Waals surface area (Å²) in [5, 5.41) is 1.29. The van der Waals surface area contributed by atoms with Gasteiger partial charge in [-0.05, 0) is 42.9 Å². The van der Waals surface area contributed by atoms with Crippen LogP contribution in [-0.2, 0) is 13.0 Å². The second-order valence-corrected chi connectivity index (χ2v) is 4.52. The third-order valence-corrected chi connectivity index (χ3v) is 3.22. The fourth-order valence-corrected chi connectivity index (χ4v) is 2.04. The van der Waals surface area contributed by atoms with E-state index in [4.69, 9.17) is 0 Å². The lowest BCUT2D eigenvalue weighted by Crippen LogP contribution is -1.99. The Morgan fingerprint density at radius 2 is 2.33 bits per heavy atom. The number of nitrogens with zero attached hydrogens (tertiary/aromatic N) is 2. The smallest absolute Gasteiger partial charge is 0.139 e. The van der Waals surface area contributed by atoms with E-state index in [2.05, 4.69) is 34.8 Å². The molecule has 2 aromatic rings. The number of hydrogen-bond donors (Lipinski definition) is 0. The molecular formula is C13H16N2. The molecule has 1 saturated carbocycles. The topological polar surface area (TPSA) is 17.8 Å². The Bertz CT molecular complexity index is 480. The van der Waals surface area contributed by atoms with Crippen LogP contribution in [0.1, 0.15) is 25.3 Å². The van der Waals surface area contributed by atoms with E-state index in [0.717, 1.165) is 24.5 Å². The Morgan fingerprint density at radius 1 is 1.47 bits per heavy atom. The maximum absolute atomic E-state index is 4.56. The van der Waals surface area contributed by atoms with E-state index >= 15 is 0 Å². The molecule has 1 aliphatic rings. The third-order valence-electron chi connectivity index (χ3n) is 3.22. The molecule has 0 N–H and O–H groups in total. The lowest BCUT2D eigenvalue weighted by Gasteiger charge is -2.03. The minimum Gasteiger partial charge on any atom is -0.332 e. The standard InChI is InChI=1S/C13H16N2/c1-2-10-7-12-5-6-15(9-11-3-4-11)13(12)14-8-10/h5-8,11H,2-4,9H2,1H3. The maximum atomic E-state index is 4.56. The van der Waals surface area contributed by atoms with E-state index in [9.17, 15) is 0 Å². The van der Waals surface area contributed by atoms with Crippen LogP contribution in [0.3, 0.4) is 0 Å². The van der Waals surface area contributed by atoms with Crippen LogP contribution < -0.4 is 0 Å². The summed E-state index contributed by atoms with van der Waals surface area (Å²) in [4.78, 5) is 4.56. The molecule has 0 bridgehead atoms. The first-order valence-corrected chi connectivity index (χ1v) is 5.80. The van der Waals surface area contributed by atoms with E-state index in [1.54, 1.807) is 0 Å². The lowest BCUT2D eigenvalue weighted by atomic mass is 10.2. The molecule has 3 rings (SSSR count). The fraction of sp³-hybridized carbons (Fsp3) is 0.462. The van der Waals surface area contributed by atoms with E-state index in [1.807, 2.05) is 6.20 Å². The van der Waals surface area contributed by atoms with Crippen molar-refractivity contribution in [1.82, 2.24) is 9.55 Å². The molecule has 78 valence electrons. The third kappa shape index (κ3) is 1.65. The van der Waals surface area contributed by atoms with Gasteiger partial charge in [-0.2, -0.15) is 0 Å². The molecule has 0 saturated heterocycles. The Balaban J connectivity index is 2.01. The zero-order valence-corrected chi connectivity index (χ0v) is 9.11. The summed E-state index contributed by atoms with van der Waals surface area (Å²) in [6.45, 7) is 3.33. The van der Waals surface area contributed by atoms with Crippen LogP contribution in [-0.4, -0.2) is 9.55 Å². The molecule has 2 nitrogen and oxygen atoms in total. The predicted octanol–water partition coefficient (Wildman–Crippen LogP) is 3.01. The van der Waals surface area contributed by atoms with Crippen LogP contribution in [0.4, 0.5) is 0 Å². The SMILES string of the molecule is CCc1cnc2c(ccn2CC2CC2)c1. The molecule has 0 aliphatic heterocycles. The van der Waals surface area contributed by atoms with Crippen molar-refractivity contribution in [3.8, 4) is 0 Å². The Kier molecular flexibility index (Phi) is 2.01. The summed E-state index contributed by atoms with van der Waals surface area (Å²) < 4.78 is 2.30. The van der Waals surface area contributed by atoms with Gasteiger partial charge in [0.1, 0.15) is 5.65 Å². The van der Waals surface area contributed by atoms with Crippen LogP contribution in [0.15, 0.2) is 24.5 Å². The number of pyridine rings is 1. The molecule has 0 unspecified atom stereocenters. The average molecular weight is 200 g/mol. The van der Waals surface area contributed by atoms with Gasteiger partial charge in [-0.15, -0.1) is 0 Å². The van der Waals surface area contributed by atoms with E-state index < -0.39 is 0 Å². The minimum absolute atomic E-state index is 0.910. The highest BCUT2D eigenvalue weighted by Crippen LogP contribution is 2.31. The van der Waals surface area contributed by atoms with Crippen molar-refractivity contribution < 1.29 is 0 Å². The summed E-state index contributed by atoms with van der Waals surface area (Å²) in [5.74, 6) is 0.910. The van der Waals surface area contributed by atoms with Gasteiger partial charge < -0.3 is 4.57 Å². The van der Waals surface area contributed by atoms with Gasteiger partial charge >= 0.3 is 0 Å². The first kappa shape index (κ1) is 8.96. The van der Waals surface area contributed by atoms with E-state index in [-0.39, 0.29) is 0 Å². The van der Waals surface area contributed by atoms with Gasteiger partial charge in [0, 0.05) is 24.3 Å². The van der Waals surface area contributed by atoms with E-state index in [1.165, 1.54) is 23.8 Å². The number of aryl methyl sites for hydroxylation is 1. The first-order chi connectivity index (χ1) is 7.36. The quantitative estimate of drug-likeness (QED) is 0.744. The molecule has 0 spiro atoms. The molecular weight excluding hydrogens is 184 g/mol. The molecule has 2 heterocycles. The first-order valence-electron chi connectivity index (χ1n) is 5.80. The predicted molar refractivity (Wildman–Crippen MR) is 61.8 cm³/mol. The van der Waals surface area contributed by atoms with Crippen LogP contribution >= 0.6 is 0 Å². The van der Waals surface area contributed by atoms with E-state index in [0.29, 0.717) is 0 Å². The molecule has 2 aromatic heterocycles. The Hall–Kier alpha value is -1.31. The summed E-state index contributed by atoms with van der Waals surface area (Å²) >= 11 is 0. The van der Waals surface area contributed by atoms with Crippen molar-refractivity contribution in [2.24, 2.45) is 5.92 Å². The summed E-state index contributed by atoms with van der Waals surface area (Å²) in [7, 11) is 0. The molecule has 0 atom stereocenters. The van der Waals surface area contributed by atoms with Crippen LogP contribution in [0.2, 0.25) is 0 Å². The number of aromatic nitrogens is 2. The van der Waals surface area contributed by atoms with Crippen molar-refractivity contribution in [3.63, 3.8) is 0 Å². The zero-order valence-electron chi connectivity index (χ0n) is 9.11. The van der Waals surface area contributed by atoms with Crippen molar-refractivity contribution in [1.29, 1.82) is 0 Å². The summed E-state index contributed by atoms with van der Waals surface area (Å²) in [5.41, 5.74) is 2.48. The molecule has 1 aliphatic carbocycles. The van der Waals surface area contributed by atoms with Gasteiger partial charge in [0.15, 0.2) is 0 Å². The molecule has 2 heteroatoms. The molecule has 0 aromatic carbocycles. The monoisotopic (exact) mass is 200 g/mol. The molecule has 0 radical (unpaired) electrons. The number of rotatable bonds is 3. The van der Waals surface area contributed by atoms with Gasteiger partial charge in [-0.25, -0.2) is 4.98 Å². The van der Waals surface area contributed by atoms with Crippen LogP contribution in [0, 0.1) is 5.92 Å². The second kappa shape index (κ2) is 3.37. The summed E-state index contributed by atoms with van der Waals surface area (Å²) in [6, 6.07) is 4.44. The fourth-order valence-electron chi connectivity index (χ4n) is 2.04. The second-order valence-electron chi connectivity index (χ2n) is 4.52.